The molecule has 0 aromatic carbocycles. The minimum absolute atomic E-state index is 0.473. The van der Waals surface area contributed by atoms with Gasteiger partial charge in [-0.15, -0.1) is 0 Å². The summed E-state index contributed by atoms with van der Waals surface area (Å²) >= 11 is 9.26. The molecule has 1 aromatic rings. The van der Waals surface area contributed by atoms with Crippen LogP contribution >= 0.6 is 27.5 Å². The molecule has 1 saturated carbocycles. The van der Waals surface area contributed by atoms with Gasteiger partial charge in [0.05, 0.1) is 11.1 Å². The van der Waals surface area contributed by atoms with Gasteiger partial charge in [0.15, 0.2) is 0 Å². The summed E-state index contributed by atoms with van der Waals surface area (Å²) < 4.78 is 6.69. The average Bonchev–Trinajstić information content (AvgIpc) is 2.32. The quantitative estimate of drug-likeness (QED) is 0.753. The zero-order chi connectivity index (χ0) is 12.3. The number of hydrogen-bond donors (Lipinski definition) is 0. The van der Waals surface area contributed by atoms with Gasteiger partial charge in [-0.25, -0.2) is 4.98 Å². The molecule has 1 aliphatic rings. The highest BCUT2D eigenvalue weighted by molar-refractivity contribution is 9.10. The Balaban J connectivity index is 1.87. The zero-order valence-electron chi connectivity index (χ0n) is 9.96. The third-order valence-electron chi connectivity index (χ3n) is 3.40. The van der Waals surface area contributed by atoms with Crippen LogP contribution in [0.25, 0.3) is 0 Å². The van der Waals surface area contributed by atoms with E-state index in [4.69, 9.17) is 16.3 Å². The molecule has 17 heavy (non-hydrogen) atoms. The van der Waals surface area contributed by atoms with E-state index < -0.39 is 0 Å². The number of aromatic nitrogens is 1. The minimum atomic E-state index is 0.473. The van der Waals surface area contributed by atoms with Crippen LogP contribution in [0.15, 0.2) is 16.7 Å². The van der Waals surface area contributed by atoms with Crippen LogP contribution < -0.4 is 4.74 Å². The van der Waals surface area contributed by atoms with Crippen LogP contribution in [-0.4, -0.2) is 11.6 Å². The lowest BCUT2D eigenvalue weighted by atomic mass is 9.83. The maximum absolute atomic E-state index is 5.85. The predicted octanol–water partition coefficient (Wildman–Crippen LogP) is 4.70. The van der Waals surface area contributed by atoms with Crippen LogP contribution in [0, 0.1) is 11.8 Å². The summed E-state index contributed by atoms with van der Waals surface area (Å²) in [4.78, 5) is 3.98. The smallest absolute Gasteiger partial charge is 0.138 e. The summed E-state index contributed by atoms with van der Waals surface area (Å²) in [6, 6.07) is 1.76. The van der Waals surface area contributed by atoms with Crippen molar-refractivity contribution in [3.63, 3.8) is 0 Å². The fraction of sp³-hybridized carbons (Fsp3) is 0.615. The number of halogens is 2. The summed E-state index contributed by atoms with van der Waals surface area (Å²) in [7, 11) is 0. The summed E-state index contributed by atoms with van der Waals surface area (Å²) in [5.74, 6) is 2.36. The number of nitrogens with zero attached hydrogens (tertiary/aromatic N) is 1. The lowest BCUT2D eigenvalue weighted by Crippen LogP contribution is -2.18. The first kappa shape index (κ1) is 13.2. The van der Waals surface area contributed by atoms with Gasteiger partial charge in [0.1, 0.15) is 10.9 Å². The number of rotatable bonds is 3. The van der Waals surface area contributed by atoms with E-state index in [2.05, 4.69) is 27.8 Å². The predicted molar refractivity (Wildman–Crippen MR) is 73.6 cm³/mol. The fourth-order valence-electron chi connectivity index (χ4n) is 2.21. The zero-order valence-corrected chi connectivity index (χ0v) is 12.3. The molecule has 0 amide bonds. The van der Waals surface area contributed by atoms with Crippen molar-refractivity contribution in [2.75, 3.05) is 6.61 Å². The SMILES string of the molecule is CC1CCC(COc2cc(Cl)ncc2Br)CC1. The van der Waals surface area contributed by atoms with Crippen molar-refractivity contribution < 1.29 is 4.74 Å². The molecule has 0 N–H and O–H groups in total. The lowest BCUT2D eigenvalue weighted by Gasteiger charge is -2.26. The number of hydrogen-bond acceptors (Lipinski definition) is 2. The van der Waals surface area contributed by atoms with Crippen LogP contribution in [-0.2, 0) is 0 Å². The third-order valence-corrected chi connectivity index (χ3v) is 4.20. The minimum Gasteiger partial charge on any atom is -0.492 e. The van der Waals surface area contributed by atoms with E-state index in [-0.39, 0.29) is 0 Å². The number of pyridine rings is 1. The molecule has 2 nitrogen and oxygen atoms in total. The normalized spacial score (nSPS) is 24.6. The maximum atomic E-state index is 5.85. The molecular weight excluding hydrogens is 302 g/mol. The maximum Gasteiger partial charge on any atom is 0.138 e. The van der Waals surface area contributed by atoms with E-state index in [0.717, 1.165) is 22.7 Å². The summed E-state index contributed by atoms with van der Waals surface area (Å²) in [5.41, 5.74) is 0. The van der Waals surface area contributed by atoms with Crippen molar-refractivity contribution in [1.29, 1.82) is 0 Å². The van der Waals surface area contributed by atoms with E-state index >= 15 is 0 Å². The molecule has 1 aromatic heterocycles. The van der Waals surface area contributed by atoms with E-state index in [0.29, 0.717) is 11.1 Å². The van der Waals surface area contributed by atoms with Gasteiger partial charge in [-0.3, -0.25) is 0 Å². The highest BCUT2D eigenvalue weighted by Gasteiger charge is 2.19. The number of ether oxygens (including phenoxy) is 1. The summed E-state index contributed by atoms with van der Waals surface area (Å²) in [6.07, 6.45) is 6.88. The van der Waals surface area contributed by atoms with Gasteiger partial charge in [0, 0.05) is 12.3 Å². The Morgan fingerprint density at radius 1 is 1.41 bits per heavy atom. The van der Waals surface area contributed by atoms with Gasteiger partial charge in [-0.1, -0.05) is 31.4 Å². The van der Waals surface area contributed by atoms with Crippen molar-refractivity contribution in [3.8, 4) is 5.75 Å². The average molecular weight is 319 g/mol. The Bertz CT molecular complexity index is 378. The molecule has 1 fully saturated rings. The first-order chi connectivity index (χ1) is 8.15. The van der Waals surface area contributed by atoms with Crippen LogP contribution in [0.3, 0.4) is 0 Å². The molecule has 2 rings (SSSR count). The Kier molecular flexibility index (Phi) is 4.69. The van der Waals surface area contributed by atoms with Crippen LogP contribution in [0.1, 0.15) is 32.6 Å². The van der Waals surface area contributed by atoms with Gasteiger partial charge >= 0.3 is 0 Å². The molecule has 0 radical (unpaired) electrons. The molecule has 0 aliphatic heterocycles. The Morgan fingerprint density at radius 3 is 2.82 bits per heavy atom. The van der Waals surface area contributed by atoms with Crippen molar-refractivity contribution >= 4 is 27.5 Å². The molecule has 1 aliphatic carbocycles. The third kappa shape index (κ3) is 3.85. The standard InChI is InChI=1S/C13H17BrClNO/c1-9-2-4-10(5-3-9)8-17-12-6-13(15)16-7-11(12)14/h6-7,9-10H,2-5,8H2,1H3. The van der Waals surface area contributed by atoms with Gasteiger partial charge < -0.3 is 4.74 Å². The Labute approximate surface area is 116 Å². The monoisotopic (exact) mass is 317 g/mol. The molecule has 0 spiro atoms. The van der Waals surface area contributed by atoms with Crippen LogP contribution in [0.2, 0.25) is 5.15 Å². The van der Waals surface area contributed by atoms with Crippen molar-refractivity contribution in [2.24, 2.45) is 11.8 Å². The van der Waals surface area contributed by atoms with Gasteiger partial charge in [-0.05, 0) is 40.6 Å². The highest BCUT2D eigenvalue weighted by atomic mass is 79.9. The van der Waals surface area contributed by atoms with Gasteiger partial charge in [0.2, 0.25) is 0 Å². The topological polar surface area (TPSA) is 22.1 Å². The van der Waals surface area contributed by atoms with Crippen LogP contribution in [0.5, 0.6) is 5.75 Å². The molecule has 0 bridgehead atoms. The summed E-state index contributed by atoms with van der Waals surface area (Å²) in [5, 5.41) is 0.473. The largest absolute Gasteiger partial charge is 0.492 e. The lowest BCUT2D eigenvalue weighted by molar-refractivity contribution is 0.187. The second-order valence-corrected chi connectivity index (χ2v) is 6.12. The second kappa shape index (κ2) is 6.05. The van der Waals surface area contributed by atoms with Gasteiger partial charge in [-0.2, -0.15) is 0 Å². The van der Waals surface area contributed by atoms with E-state index in [1.807, 2.05) is 0 Å². The highest BCUT2D eigenvalue weighted by Crippen LogP contribution is 2.31. The molecular formula is C13H17BrClNO. The molecule has 1 heterocycles. The molecule has 4 heteroatoms. The first-order valence-corrected chi connectivity index (χ1v) is 7.26. The van der Waals surface area contributed by atoms with E-state index in [1.54, 1.807) is 12.3 Å². The Hall–Kier alpha value is -0.280. The molecule has 0 atom stereocenters. The first-order valence-electron chi connectivity index (χ1n) is 6.09. The van der Waals surface area contributed by atoms with Crippen molar-refractivity contribution in [3.05, 3.63) is 21.9 Å². The molecule has 94 valence electrons. The fourth-order valence-corrected chi connectivity index (χ4v) is 2.69. The summed E-state index contributed by atoms with van der Waals surface area (Å²) in [6.45, 7) is 3.11. The second-order valence-electron chi connectivity index (χ2n) is 4.87. The van der Waals surface area contributed by atoms with E-state index in [9.17, 15) is 0 Å². The van der Waals surface area contributed by atoms with Gasteiger partial charge in [0.25, 0.3) is 0 Å². The molecule has 0 saturated heterocycles. The molecule has 0 unspecified atom stereocenters. The van der Waals surface area contributed by atoms with Crippen LogP contribution in [0.4, 0.5) is 0 Å². The van der Waals surface area contributed by atoms with E-state index in [1.165, 1.54) is 25.7 Å². The van der Waals surface area contributed by atoms with Crippen molar-refractivity contribution in [2.45, 2.75) is 32.6 Å². The Morgan fingerprint density at radius 2 is 2.12 bits per heavy atom. The van der Waals surface area contributed by atoms with Crippen molar-refractivity contribution in [1.82, 2.24) is 4.98 Å².